The van der Waals surface area contributed by atoms with Gasteiger partial charge in [0.1, 0.15) is 5.54 Å². The van der Waals surface area contributed by atoms with Crippen LogP contribution in [-0.2, 0) is 9.53 Å². The Morgan fingerprint density at radius 3 is 2.26 bits per heavy atom. The Morgan fingerprint density at radius 2 is 1.84 bits per heavy atom. The van der Waals surface area contributed by atoms with Gasteiger partial charge in [-0.2, -0.15) is 13.2 Å². The van der Waals surface area contributed by atoms with Gasteiger partial charge >= 0.3 is 12.1 Å². The van der Waals surface area contributed by atoms with Crippen molar-refractivity contribution in [3.05, 3.63) is 0 Å². The van der Waals surface area contributed by atoms with Crippen LogP contribution < -0.4 is 5.32 Å². The molecule has 3 nitrogen and oxygen atoms in total. The van der Waals surface area contributed by atoms with E-state index in [1.165, 1.54) is 0 Å². The molecule has 19 heavy (non-hydrogen) atoms. The van der Waals surface area contributed by atoms with E-state index in [1.807, 2.05) is 13.8 Å². The number of ether oxygens (including phenoxy) is 1. The topological polar surface area (TPSA) is 38.3 Å². The second-order valence-corrected chi connectivity index (χ2v) is 5.63. The third kappa shape index (κ3) is 4.67. The first kappa shape index (κ1) is 16.3. The SMILES string of the molecule is CCOC(=O)C1(NCC(F)(F)F)CC(C)CC(C)C1. The van der Waals surface area contributed by atoms with E-state index >= 15 is 0 Å². The highest BCUT2D eigenvalue weighted by molar-refractivity contribution is 5.81. The van der Waals surface area contributed by atoms with Crippen LogP contribution in [0.4, 0.5) is 13.2 Å². The van der Waals surface area contributed by atoms with E-state index in [-0.39, 0.29) is 18.4 Å². The zero-order chi connectivity index (χ0) is 14.7. The molecule has 0 heterocycles. The van der Waals surface area contributed by atoms with Crippen molar-refractivity contribution in [1.29, 1.82) is 0 Å². The number of esters is 1. The van der Waals surface area contributed by atoms with Crippen LogP contribution in [0.1, 0.15) is 40.0 Å². The lowest BCUT2D eigenvalue weighted by Crippen LogP contribution is -2.58. The van der Waals surface area contributed by atoms with Crippen LogP contribution in [0, 0.1) is 11.8 Å². The number of nitrogens with one attached hydrogen (secondary N) is 1. The molecule has 0 aromatic heterocycles. The third-order valence-electron chi connectivity index (χ3n) is 3.49. The highest BCUT2D eigenvalue weighted by Crippen LogP contribution is 2.37. The number of carbonyl (C=O) groups is 1. The molecule has 0 aliphatic heterocycles. The van der Waals surface area contributed by atoms with E-state index in [9.17, 15) is 18.0 Å². The maximum atomic E-state index is 12.4. The predicted octanol–water partition coefficient (Wildman–Crippen LogP) is 2.90. The minimum atomic E-state index is -4.33. The first-order valence-corrected chi connectivity index (χ1v) is 6.67. The molecule has 0 bridgehead atoms. The van der Waals surface area contributed by atoms with Crippen LogP contribution in [0.3, 0.4) is 0 Å². The van der Waals surface area contributed by atoms with Crippen molar-refractivity contribution in [3.8, 4) is 0 Å². The molecular formula is C13H22F3NO2. The summed E-state index contributed by atoms with van der Waals surface area (Å²) in [7, 11) is 0. The number of carbonyl (C=O) groups excluding carboxylic acids is 1. The van der Waals surface area contributed by atoms with Crippen molar-refractivity contribution in [3.63, 3.8) is 0 Å². The van der Waals surface area contributed by atoms with Crippen molar-refractivity contribution in [2.45, 2.75) is 51.7 Å². The average Bonchev–Trinajstić information content (AvgIpc) is 2.24. The molecular weight excluding hydrogens is 259 g/mol. The molecule has 112 valence electrons. The molecule has 2 unspecified atom stereocenters. The van der Waals surface area contributed by atoms with Crippen LogP contribution in [0.2, 0.25) is 0 Å². The van der Waals surface area contributed by atoms with Gasteiger partial charge in [0.25, 0.3) is 0 Å². The zero-order valence-electron chi connectivity index (χ0n) is 11.6. The maximum absolute atomic E-state index is 12.4. The van der Waals surface area contributed by atoms with Gasteiger partial charge in [-0.05, 0) is 38.0 Å². The van der Waals surface area contributed by atoms with Crippen molar-refractivity contribution < 1.29 is 22.7 Å². The lowest BCUT2D eigenvalue weighted by atomic mass is 9.71. The van der Waals surface area contributed by atoms with Crippen molar-refractivity contribution >= 4 is 5.97 Å². The van der Waals surface area contributed by atoms with Gasteiger partial charge in [-0.25, -0.2) is 0 Å². The minimum absolute atomic E-state index is 0.178. The van der Waals surface area contributed by atoms with Gasteiger partial charge in [0.15, 0.2) is 0 Å². The Bertz CT molecular complexity index is 308. The number of hydrogen-bond acceptors (Lipinski definition) is 3. The molecule has 6 heteroatoms. The van der Waals surface area contributed by atoms with E-state index in [0.717, 1.165) is 6.42 Å². The maximum Gasteiger partial charge on any atom is 0.401 e. The van der Waals surface area contributed by atoms with Crippen molar-refractivity contribution in [2.24, 2.45) is 11.8 Å². The first-order chi connectivity index (χ1) is 8.68. The van der Waals surface area contributed by atoms with E-state index in [0.29, 0.717) is 12.8 Å². The molecule has 1 fully saturated rings. The van der Waals surface area contributed by atoms with Gasteiger partial charge < -0.3 is 4.74 Å². The Morgan fingerprint density at radius 1 is 1.32 bits per heavy atom. The molecule has 0 aromatic rings. The standard InChI is InChI=1S/C13H22F3NO2/c1-4-19-11(18)12(17-8-13(14,15)16)6-9(2)5-10(3)7-12/h9-10,17H,4-8H2,1-3H3. The molecule has 0 aromatic carbocycles. The molecule has 0 saturated heterocycles. The lowest BCUT2D eigenvalue weighted by Gasteiger charge is -2.41. The molecule has 0 radical (unpaired) electrons. The van der Waals surface area contributed by atoms with E-state index < -0.39 is 24.2 Å². The summed E-state index contributed by atoms with van der Waals surface area (Å²) in [5, 5.41) is 2.42. The summed E-state index contributed by atoms with van der Waals surface area (Å²) < 4.78 is 42.2. The number of hydrogen-bond donors (Lipinski definition) is 1. The van der Waals surface area contributed by atoms with Crippen molar-refractivity contribution in [2.75, 3.05) is 13.2 Å². The third-order valence-corrected chi connectivity index (χ3v) is 3.49. The second-order valence-electron chi connectivity index (χ2n) is 5.63. The summed E-state index contributed by atoms with van der Waals surface area (Å²) in [6.07, 6.45) is -2.61. The Kier molecular flexibility index (Phi) is 5.24. The summed E-state index contributed by atoms with van der Waals surface area (Å²) in [5.74, 6) is -0.152. The van der Waals surface area contributed by atoms with E-state index in [2.05, 4.69) is 5.32 Å². The molecule has 1 aliphatic carbocycles. The van der Waals surface area contributed by atoms with Gasteiger partial charge in [-0.15, -0.1) is 0 Å². The predicted molar refractivity (Wildman–Crippen MR) is 65.6 cm³/mol. The van der Waals surface area contributed by atoms with E-state index in [4.69, 9.17) is 4.74 Å². The largest absolute Gasteiger partial charge is 0.465 e. The normalized spacial score (nSPS) is 32.1. The van der Waals surface area contributed by atoms with Crippen LogP contribution >= 0.6 is 0 Å². The van der Waals surface area contributed by atoms with Gasteiger partial charge in [0, 0.05) is 0 Å². The number of halogens is 3. The van der Waals surface area contributed by atoms with Crippen LogP contribution in [0.5, 0.6) is 0 Å². The molecule has 2 atom stereocenters. The fourth-order valence-electron chi connectivity index (χ4n) is 3.05. The minimum Gasteiger partial charge on any atom is -0.465 e. The highest BCUT2D eigenvalue weighted by atomic mass is 19.4. The molecule has 0 amide bonds. The van der Waals surface area contributed by atoms with Crippen LogP contribution in [0.25, 0.3) is 0 Å². The molecule has 1 aliphatic rings. The Hall–Kier alpha value is -0.780. The molecule has 1 saturated carbocycles. The fourth-order valence-corrected chi connectivity index (χ4v) is 3.05. The zero-order valence-corrected chi connectivity index (χ0v) is 11.6. The summed E-state index contributed by atoms with van der Waals surface area (Å²) >= 11 is 0. The summed E-state index contributed by atoms with van der Waals surface area (Å²) in [4.78, 5) is 12.1. The number of rotatable bonds is 4. The molecule has 1 rings (SSSR count). The molecule has 0 spiro atoms. The Balaban J connectivity index is 2.86. The summed E-state index contributed by atoms with van der Waals surface area (Å²) in [6.45, 7) is 4.59. The first-order valence-electron chi connectivity index (χ1n) is 6.67. The van der Waals surface area contributed by atoms with E-state index in [1.54, 1.807) is 6.92 Å². The van der Waals surface area contributed by atoms with Gasteiger partial charge in [-0.1, -0.05) is 13.8 Å². The van der Waals surface area contributed by atoms with Gasteiger partial charge in [-0.3, -0.25) is 10.1 Å². The fraction of sp³-hybridized carbons (Fsp3) is 0.923. The quantitative estimate of drug-likeness (QED) is 0.805. The lowest BCUT2D eigenvalue weighted by molar-refractivity contribution is -0.159. The van der Waals surface area contributed by atoms with Gasteiger partial charge in [0.2, 0.25) is 0 Å². The summed E-state index contributed by atoms with van der Waals surface area (Å²) in [5.41, 5.74) is -1.19. The number of alkyl halides is 3. The Labute approximate surface area is 111 Å². The average molecular weight is 281 g/mol. The second kappa shape index (κ2) is 6.11. The van der Waals surface area contributed by atoms with Crippen LogP contribution in [0.15, 0.2) is 0 Å². The van der Waals surface area contributed by atoms with Crippen LogP contribution in [-0.4, -0.2) is 30.8 Å². The summed E-state index contributed by atoms with van der Waals surface area (Å²) in [6, 6.07) is 0. The van der Waals surface area contributed by atoms with Crippen molar-refractivity contribution in [1.82, 2.24) is 5.32 Å². The smallest absolute Gasteiger partial charge is 0.401 e. The highest BCUT2D eigenvalue weighted by Gasteiger charge is 2.46. The molecule has 1 N–H and O–H groups in total. The monoisotopic (exact) mass is 281 g/mol. The van der Waals surface area contributed by atoms with Gasteiger partial charge in [0.05, 0.1) is 13.2 Å².